The number of nitro groups is 2. The zero-order valence-corrected chi connectivity index (χ0v) is 41.8. The number of aromatic nitrogens is 10. The molecule has 0 aliphatic carbocycles. The van der Waals surface area contributed by atoms with Crippen LogP contribution in [-0.4, -0.2) is 75.6 Å². The van der Waals surface area contributed by atoms with E-state index in [1.807, 2.05) is 13.8 Å². The van der Waals surface area contributed by atoms with Crippen molar-refractivity contribution in [1.29, 1.82) is 0 Å². The highest BCUT2D eigenvalue weighted by Gasteiger charge is 2.27. The number of aryl methyl sites for hydroxylation is 2. The van der Waals surface area contributed by atoms with Gasteiger partial charge in [0.2, 0.25) is 23.1 Å². The second-order valence-corrected chi connectivity index (χ2v) is 17.3. The minimum Gasteiger partial charge on any atom is -0.478 e. The van der Waals surface area contributed by atoms with Gasteiger partial charge in [-0.25, -0.2) is 18.1 Å². The summed E-state index contributed by atoms with van der Waals surface area (Å²) >= 11 is 18.3. The van der Waals surface area contributed by atoms with Gasteiger partial charge in [-0.3, -0.25) is 19.0 Å². The quantitative estimate of drug-likeness (QED) is 0.0605. The predicted octanol–water partition coefficient (Wildman–Crippen LogP) is 10.4. The first-order chi connectivity index (χ1) is 33.7. The van der Waals surface area contributed by atoms with Crippen LogP contribution < -0.4 is 4.74 Å². The number of benzene rings is 2. The highest BCUT2D eigenvalue weighted by atomic mass is 79.9. The van der Waals surface area contributed by atoms with Crippen molar-refractivity contribution in [3.05, 3.63) is 188 Å². The number of halogens is 7. The fourth-order valence-corrected chi connectivity index (χ4v) is 7.50. The minimum atomic E-state index is -0.945. The second-order valence-electron chi connectivity index (χ2n) is 14.6. The smallest absolute Gasteiger partial charge is 0.406 e. The van der Waals surface area contributed by atoms with E-state index in [2.05, 4.69) is 62.2 Å². The molecule has 0 amide bonds. The van der Waals surface area contributed by atoms with Crippen LogP contribution in [0.3, 0.4) is 0 Å². The topological polar surface area (TPSA) is 247 Å². The number of nitrogens with zero attached hydrogens (tertiary/aromatic N) is 12. The zero-order valence-electron chi connectivity index (χ0n) is 37.1. The van der Waals surface area contributed by atoms with Gasteiger partial charge in [-0.05, 0) is 116 Å². The van der Waals surface area contributed by atoms with Crippen molar-refractivity contribution in [3.63, 3.8) is 0 Å². The molecule has 6 heterocycles. The normalized spacial score (nSPS) is 11.7. The predicted molar refractivity (Wildman–Crippen MR) is 257 cm³/mol. The van der Waals surface area contributed by atoms with Crippen molar-refractivity contribution in [1.82, 2.24) is 49.1 Å². The van der Waals surface area contributed by atoms with E-state index in [9.17, 15) is 48.1 Å². The molecule has 8 rings (SSSR count). The molecule has 0 spiro atoms. The van der Waals surface area contributed by atoms with Crippen LogP contribution >= 0.6 is 55.1 Å². The Hall–Kier alpha value is -7.19. The number of aliphatic hydroxyl groups excluding tert-OH is 1. The average Bonchev–Trinajstić information content (AvgIpc) is 4.16. The maximum Gasteiger partial charge on any atom is 0.406 e. The molecule has 20 nitrogen and oxygen atoms in total. The van der Waals surface area contributed by atoms with Crippen molar-refractivity contribution in [3.8, 4) is 17.1 Å². The lowest BCUT2D eigenvalue weighted by Gasteiger charge is -2.19. The summed E-state index contributed by atoms with van der Waals surface area (Å²) in [4.78, 5) is 52.9. The number of pyridine rings is 2. The number of hydrogen-bond acceptors (Lipinski definition) is 14. The van der Waals surface area contributed by atoms with E-state index in [-0.39, 0.29) is 44.6 Å². The Balaban J connectivity index is 0.000000198. The van der Waals surface area contributed by atoms with Crippen LogP contribution in [0.15, 0.2) is 107 Å². The summed E-state index contributed by atoms with van der Waals surface area (Å²) in [6, 6.07) is 12.9. The van der Waals surface area contributed by atoms with Gasteiger partial charge < -0.3 is 30.1 Å². The third kappa shape index (κ3) is 12.8. The largest absolute Gasteiger partial charge is 0.478 e. The van der Waals surface area contributed by atoms with Crippen molar-refractivity contribution in [2.24, 2.45) is 0 Å². The number of carbonyl (C=O) groups is 2. The highest BCUT2D eigenvalue weighted by molar-refractivity contribution is 9.10. The van der Waals surface area contributed by atoms with Gasteiger partial charge in [-0.2, -0.15) is 24.8 Å². The van der Waals surface area contributed by atoms with Crippen LogP contribution in [0.5, 0.6) is 5.75 Å². The molecule has 6 aromatic heterocycles. The molecule has 368 valence electrons. The number of ketones is 2. The lowest BCUT2D eigenvalue weighted by atomic mass is 10.1. The van der Waals surface area contributed by atoms with Crippen LogP contribution in [0.25, 0.3) is 11.4 Å². The molecule has 0 aliphatic heterocycles. The lowest BCUT2D eigenvalue weighted by Crippen LogP contribution is -2.15. The first-order valence-electron chi connectivity index (χ1n) is 20.5. The van der Waals surface area contributed by atoms with Gasteiger partial charge in [0.1, 0.15) is 29.1 Å². The number of hydrogen-bond donors (Lipinski definition) is 1. The molecular weight excluding hydrogens is 1110 g/mol. The van der Waals surface area contributed by atoms with Gasteiger partial charge >= 0.3 is 11.6 Å². The molecule has 71 heavy (non-hydrogen) atoms. The van der Waals surface area contributed by atoms with E-state index in [0.29, 0.717) is 50.1 Å². The lowest BCUT2D eigenvalue weighted by molar-refractivity contribution is -0.392. The van der Waals surface area contributed by atoms with Crippen LogP contribution in [0, 0.1) is 37.7 Å². The first kappa shape index (κ1) is 53.2. The highest BCUT2D eigenvalue weighted by Crippen LogP contribution is 2.35. The number of aliphatic hydroxyl groups is 1. The van der Waals surface area contributed by atoms with E-state index in [0.717, 1.165) is 6.07 Å². The summed E-state index contributed by atoms with van der Waals surface area (Å²) in [5, 5.41) is 48.1. The molecule has 0 saturated carbocycles. The molecule has 0 fully saturated rings. The summed E-state index contributed by atoms with van der Waals surface area (Å²) in [7, 11) is 0. The van der Waals surface area contributed by atoms with Crippen molar-refractivity contribution >= 4 is 78.3 Å². The molecule has 2 atom stereocenters. The van der Waals surface area contributed by atoms with E-state index in [4.69, 9.17) is 27.9 Å². The average molecular weight is 1150 g/mol. The summed E-state index contributed by atoms with van der Waals surface area (Å²) in [5.74, 6) is -4.08. The minimum absolute atomic E-state index is 0.0481. The van der Waals surface area contributed by atoms with Gasteiger partial charge in [-0.1, -0.05) is 23.2 Å². The molecule has 1 N–H and O–H groups in total. The van der Waals surface area contributed by atoms with Crippen molar-refractivity contribution in [2.45, 2.75) is 53.0 Å². The Bertz CT molecular complexity index is 3290. The van der Waals surface area contributed by atoms with Crippen molar-refractivity contribution in [2.75, 3.05) is 0 Å². The monoisotopic (exact) mass is 1140 g/mol. The third-order valence-electron chi connectivity index (χ3n) is 9.82. The van der Waals surface area contributed by atoms with Gasteiger partial charge in [0, 0.05) is 60.9 Å². The molecule has 2 unspecified atom stereocenters. The van der Waals surface area contributed by atoms with Crippen LogP contribution in [-0.2, 0) is 13.1 Å². The van der Waals surface area contributed by atoms with Gasteiger partial charge in [-0.15, -0.1) is 0 Å². The Kier molecular flexibility index (Phi) is 17.3. The van der Waals surface area contributed by atoms with Crippen molar-refractivity contribution < 1.29 is 42.5 Å². The molecule has 8 aromatic rings. The standard InChI is InChI=1S/C22H17BrClFN6O4.C17H16ClFN4O2.C5H2BrFN2O2/c1-3-29-11-13(9-27-29)21(32)18-8-20(24)28-30(18)17-5-4-15(25)7-16(17)12(2)35-19-6-14(23)10-26-22(19)31(33)34;1-3-22-9-11(8-20-22)17(25)15-7-16(18)21-23(15)14-5-4-12(19)6-13(14)10(2)24;6-3-1-4(7)5(8-2-3)9(10)11/h4-12H,3H2,1-2H3;4-10,24H,3H2,1-2H3;1-2H. The summed E-state index contributed by atoms with van der Waals surface area (Å²) in [6.45, 7) is 8.12. The van der Waals surface area contributed by atoms with E-state index < -0.39 is 51.1 Å². The number of carbonyl (C=O) groups excluding carboxylic acids is 2. The molecular formula is C44H35Br2Cl2F3N12O8. The Morgan fingerprint density at radius 2 is 1.15 bits per heavy atom. The maximum absolute atomic E-state index is 14.3. The van der Waals surface area contributed by atoms with Crippen LogP contribution in [0.1, 0.15) is 83.1 Å². The van der Waals surface area contributed by atoms with Gasteiger partial charge in [0.25, 0.3) is 0 Å². The molecule has 2 aromatic carbocycles. The summed E-state index contributed by atoms with van der Waals surface area (Å²) in [5.41, 5.74) is 2.32. The van der Waals surface area contributed by atoms with Crippen LogP contribution in [0.4, 0.5) is 24.8 Å². The Morgan fingerprint density at radius 3 is 1.59 bits per heavy atom. The number of ether oxygens (including phenoxy) is 1. The fourth-order valence-electron chi connectivity index (χ4n) is 6.53. The molecule has 0 aliphatic rings. The van der Waals surface area contributed by atoms with Crippen LogP contribution in [0.2, 0.25) is 10.3 Å². The Morgan fingerprint density at radius 1 is 0.704 bits per heavy atom. The van der Waals surface area contributed by atoms with Gasteiger partial charge in [0.05, 0.1) is 49.9 Å². The second kappa shape index (κ2) is 23.2. The van der Waals surface area contributed by atoms with E-state index >= 15 is 0 Å². The summed E-state index contributed by atoms with van der Waals surface area (Å²) in [6.07, 6.45) is 6.74. The maximum atomic E-state index is 14.3. The molecule has 0 bridgehead atoms. The molecule has 27 heteroatoms. The SMILES string of the molecule is CCn1cc(C(=O)c2cc(Cl)nn2-c2ccc(F)cc2C(C)O)cn1.CCn1cc(C(=O)c2cc(Cl)nn2-c2ccc(F)cc2C(C)Oc2cc(Br)cnc2[N+](=O)[O-])cn1.O=[N+]([O-])c1ncc(Br)cc1F. The van der Waals surface area contributed by atoms with E-state index in [1.54, 1.807) is 28.7 Å². The van der Waals surface area contributed by atoms with Gasteiger partial charge in [0.15, 0.2) is 22.7 Å². The number of rotatable bonds is 14. The fraction of sp³-hybridized carbons (Fsp3) is 0.182. The molecule has 0 radical (unpaired) electrons. The van der Waals surface area contributed by atoms with E-state index in [1.165, 1.54) is 95.7 Å². The molecule has 0 saturated heterocycles. The summed E-state index contributed by atoms with van der Waals surface area (Å²) < 4.78 is 52.9. The zero-order chi connectivity index (χ0) is 51.8. The Labute approximate surface area is 426 Å². The first-order valence-corrected chi connectivity index (χ1v) is 22.9. The third-order valence-corrected chi connectivity index (χ3v) is 11.1.